The summed E-state index contributed by atoms with van der Waals surface area (Å²) in [4.78, 5) is 11.4. The number of halogens is 3. The summed E-state index contributed by atoms with van der Waals surface area (Å²) in [5.41, 5.74) is -0.654. The van der Waals surface area contributed by atoms with Gasteiger partial charge < -0.3 is 4.74 Å². The second-order valence-corrected chi connectivity index (χ2v) is 4.11. The zero-order chi connectivity index (χ0) is 15.3. The molecule has 0 unspecified atom stereocenters. The third-order valence-electron chi connectivity index (χ3n) is 2.78. The number of nitriles is 1. The minimum atomic E-state index is -4.57. The van der Waals surface area contributed by atoms with Gasteiger partial charge in [0.15, 0.2) is 0 Å². The van der Waals surface area contributed by atoms with Gasteiger partial charge in [0, 0.05) is 0 Å². The summed E-state index contributed by atoms with van der Waals surface area (Å²) >= 11 is 0. The maximum Gasteiger partial charge on any atom is 0.416 e. The van der Waals surface area contributed by atoms with Gasteiger partial charge in [0.1, 0.15) is 0 Å². The highest BCUT2D eigenvalue weighted by Gasteiger charge is 2.34. The van der Waals surface area contributed by atoms with Gasteiger partial charge in [-0.2, -0.15) is 18.4 Å². The van der Waals surface area contributed by atoms with Crippen LogP contribution in [-0.2, 0) is 28.5 Å². The van der Waals surface area contributed by atoms with Gasteiger partial charge in [-0.15, -0.1) is 0 Å². The van der Waals surface area contributed by atoms with E-state index in [2.05, 4.69) is 4.74 Å². The first-order valence-corrected chi connectivity index (χ1v) is 6.12. The summed E-state index contributed by atoms with van der Waals surface area (Å²) in [7, 11) is 0. The molecule has 0 aliphatic carbocycles. The molecule has 0 atom stereocenters. The molecule has 0 fully saturated rings. The van der Waals surface area contributed by atoms with Crippen molar-refractivity contribution in [1.29, 1.82) is 5.26 Å². The van der Waals surface area contributed by atoms with Gasteiger partial charge in [-0.25, -0.2) is 0 Å². The van der Waals surface area contributed by atoms with Crippen LogP contribution in [0, 0.1) is 11.3 Å². The summed E-state index contributed by atoms with van der Waals surface area (Å²) in [5, 5.41) is 8.96. The molecule has 0 radical (unpaired) electrons. The highest BCUT2D eigenvalue weighted by Crippen LogP contribution is 2.34. The zero-order valence-corrected chi connectivity index (χ0v) is 11.2. The summed E-state index contributed by atoms with van der Waals surface area (Å²) in [6.07, 6.45) is -4.76. The van der Waals surface area contributed by atoms with Gasteiger partial charge in [0.25, 0.3) is 0 Å². The molecule has 0 heterocycles. The predicted octanol–water partition coefficient (Wildman–Crippen LogP) is 3.25. The molecule has 3 nitrogen and oxygen atoms in total. The molecule has 6 heteroatoms. The van der Waals surface area contributed by atoms with Crippen LogP contribution >= 0.6 is 0 Å². The molecule has 0 bridgehead atoms. The Morgan fingerprint density at radius 2 is 1.95 bits per heavy atom. The lowest BCUT2D eigenvalue weighted by molar-refractivity contribution is -0.143. The maximum absolute atomic E-state index is 13.0. The Hall–Kier alpha value is -2.03. The fourth-order valence-corrected chi connectivity index (χ4v) is 1.86. The van der Waals surface area contributed by atoms with E-state index in [-0.39, 0.29) is 17.7 Å². The lowest BCUT2D eigenvalue weighted by atomic mass is 9.95. The van der Waals surface area contributed by atoms with Crippen molar-refractivity contribution in [2.75, 3.05) is 6.61 Å². The zero-order valence-electron chi connectivity index (χ0n) is 11.2. The molecule has 20 heavy (non-hydrogen) atoms. The van der Waals surface area contributed by atoms with Crippen molar-refractivity contribution >= 4 is 5.97 Å². The first-order valence-electron chi connectivity index (χ1n) is 6.12. The summed E-state index contributed by atoms with van der Waals surface area (Å²) < 4.78 is 43.7. The lowest BCUT2D eigenvalue weighted by Gasteiger charge is -2.15. The highest BCUT2D eigenvalue weighted by molar-refractivity contribution is 5.73. The van der Waals surface area contributed by atoms with Crippen molar-refractivity contribution in [3.8, 4) is 6.07 Å². The van der Waals surface area contributed by atoms with E-state index in [9.17, 15) is 18.0 Å². The van der Waals surface area contributed by atoms with Crippen LogP contribution in [0.3, 0.4) is 0 Å². The molecule has 0 saturated heterocycles. The molecule has 0 aliphatic heterocycles. The van der Waals surface area contributed by atoms with Crippen LogP contribution in [-0.4, -0.2) is 12.6 Å². The Bertz CT molecular complexity index is 545. The molecule has 1 aromatic carbocycles. The molecule has 0 saturated carbocycles. The van der Waals surface area contributed by atoms with Gasteiger partial charge in [0.2, 0.25) is 0 Å². The third kappa shape index (κ3) is 3.73. The first kappa shape index (κ1) is 16.0. The average Bonchev–Trinajstić information content (AvgIpc) is 2.37. The fraction of sp³-hybridized carbons (Fsp3) is 0.429. The monoisotopic (exact) mass is 285 g/mol. The van der Waals surface area contributed by atoms with Gasteiger partial charge in [-0.3, -0.25) is 4.79 Å². The van der Waals surface area contributed by atoms with E-state index in [1.54, 1.807) is 13.8 Å². The average molecular weight is 285 g/mol. The SMILES string of the molecule is CCOC(=O)Cc1cc(C#N)c(CC)cc1C(F)(F)F. The van der Waals surface area contributed by atoms with Crippen LogP contribution in [0.4, 0.5) is 13.2 Å². The minimum absolute atomic E-state index is 0.0956. The van der Waals surface area contributed by atoms with E-state index in [0.717, 1.165) is 12.1 Å². The Morgan fingerprint density at radius 1 is 1.30 bits per heavy atom. The molecule has 0 amide bonds. The number of hydrogen-bond donors (Lipinski definition) is 0. The van der Waals surface area contributed by atoms with Crippen LogP contribution < -0.4 is 0 Å². The number of carbonyl (C=O) groups excluding carboxylic acids is 1. The number of nitrogens with zero attached hydrogens (tertiary/aromatic N) is 1. The Kier molecular flexibility index (Phi) is 5.14. The van der Waals surface area contributed by atoms with E-state index in [1.165, 1.54) is 0 Å². The van der Waals surface area contributed by atoms with Gasteiger partial charge in [0.05, 0.1) is 30.2 Å². The molecule has 0 spiro atoms. The third-order valence-corrected chi connectivity index (χ3v) is 2.78. The number of carbonyl (C=O) groups is 1. The van der Waals surface area contributed by atoms with Gasteiger partial charge in [-0.05, 0) is 36.6 Å². The molecule has 0 N–H and O–H groups in total. The van der Waals surface area contributed by atoms with Crippen LogP contribution in [0.15, 0.2) is 12.1 Å². The predicted molar refractivity (Wildman–Crippen MR) is 65.9 cm³/mol. The lowest BCUT2D eigenvalue weighted by Crippen LogP contribution is -2.15. The van der Waals surface area contributed by atoms with Crippen LogP contribution in [0.25, 0.3) is 0 Å². The van der Waals surface area contributed by atoms with Crippen molar-refractivity contribution in [2.24, 2.45) is 0 Å². The number of ether oxygens (including phenoxy) is 1. The van der Waals surface area contributed by atoms with Crippen molar-refractivity contribution in [2.45, 2.75) is 32.9 Å². The Morgan fingerprint density at radius 3 is 2.40 bits per heavy atom. The molecular weight excluding hydrogens is 271 g/mol. The molecule has 0 aromatic heterocycles. The molecule has 1 aromatic rings. The second kappa shape index (κ2) is 6.42. The number of benzene rings is 1. The number of esters is 1. The number of rotatable bonds is 4. The standard InChI is InChI=1S/C14H14F3NO2/c1-3-9-6-12(14(15,16)17)10(5-11(9)8-18)7-13(19)20-4-2/h5-6H,3-4,7H2,1-2H3. The summed E-state index contributed by atoms with van der Waals surface area (Å²) in [5.74, 6) is -0.744. The smallest absolute Gasteiger partial charge is 0.416 e. The van der Waals surface area contributed by atoms with Crippen LogP contribution in [0.5, 0.6) is 0 Å². The fourth-order valence-electron chi connectivity index (χ4n) is 1.86. The van der Waals surface area contributed by atoms with Crippen molar-refractivity contribution in [3.05, 3.63) is 34.4 Å². The number of alkyl halides is 3. The van der Waals surface area contributed by atoms with Crippen molar-refractivity contribution in [1.82, 2.24) is 0 Å². The molecular formula is C14H14F3NO2. The molecule has 0 aliphatic rings. The normalized spacial score (nSPS) is 11.0. The van der Waals surface area contributed by atoms with Gasteiger partial charge >= 0.3 is 12.1 Å². The topological polar surface area (TPSA) is 50.1 Å². The van der Waals surface area contributed by atoms with Crippen LogP contribution in [0.2, 0.25) is 0 Å². The number of hydrogen-bond acceptors (Lipinski definition) is 3. The molecule has 108 valence electrons. The Balaban J connectivity index is 3.32. The van der Waals surface area contributed by atoms with E-state index in [1.807, 2.05) is 6.07 Å². The Labute approximate surface area is 115 Å². The molecule has 1 rings (SSSR count). The quantitative estimate of drug-likeness (QED) is 0.798. The highest BCUT2D eigenvalue weighted by atomic mass is 19.4. The first-order chi connectivity index (χ1) is 9.33. The van der Waals surface area contributed by atoms with E-state index >= 15 is 0 Å². The maximum atomic E-state index is 13.0. The van der Waals surface area contributed by atoms with E-state index < -0.39 is 24.1 Å². The number of aryl methyl sites for hydroxylation is 1. The van der Waals surface area contributed by atoms with E-state index in [4.69, 9.17) is 5.26 Å². The largest absolute Gasteiger partial charge is 0.466 e. The van der Waals surface area contributed by atoms with Crippen molar-refractivity contribution in [3.63, 3.8) is 0 Å². The van der Waals surface area contributed by atoms with E-state index in [0.29, 0.717) is 12.0 Å². The van der Waals surface area contributed by atoms with Crippen molar-refractivity contribution < 1.29 is 22.7 Å². The minimum Gasteiger partial charge on any atom is -0.466 e. The second-order valence-electron chi connectivity index (χ2n) is 4.11. The van der Waals surface area contributed by atoms with Crippen LogP contribution in [0.1, 0.15) is 36.1 Å². The summed E-state index contributed by atoms with van der Waals surface area (Å²) in [6.45, 7) is 3.34. The summed E-state index contributed by atoms with van der Waals surface area (Å²) in [6, 6.07) is 3.91. The van der Waals surface area contributed by atoms with Gasteiger partial charge in [-0.1, -0.05) is 6.92 Å².